The van der Waals surface area contributed by atoms with Gasteiger partial charge in [0.15, 0.2) is 0 Å². The minimum atomic E-state index is -0.555. The number of rotatable bonds is 3. The van der Waals surface area contributed by atoms with Gasteiger partial charge in [-0.15, -0.1) is 0 Å². The topological polar surface area (TPSA) is 83.6 Å². The summed E-state index contributed by atoms with van der Waals surface area (Å²) in [6, 6.07) is 4.82. The summed E-state index contributed by atoms with van der Waals surface area (Å²) in [5.74, 6) is -0.528. The van der Waals surface area contributed by atoms with Gasteiger partial charge in [-0.05, 0) is 18.2 Å². The van der Waals surface area contributed by atoms with Crippen LogP contribution in [0.1, 0.15) is 20.8 Å². The van der Waals surface area contributed by atoms with Gasteiger partial charge in [-0.2, -0.15) is 0 Å². The number of nitrogens with zero attached hydrogens (tertiary/aromatic N) is 1. The fourth-order valence-electron chi connectivity index (χ4n) is 2.01. The van der Waals surface area contributed by atoms with Gasteiger partial charge < -0.3 is 19.8 Å². The highest BCUT2D eigenvalue weighted by Gasteiger charge is 2.18. The number of amides is 1. The molecule has 19 heavy (non-hydrogen) atoms. The number of esters is 1. The number of aromatic nitrogens is 1. The van der Waals surface area contributed by atoms with E-state index in [1.165, 1.54) is 14.2 Å². The summed E-state index contributed by atoms with van der Waals surface area (Å²) in [5, 5.41) is 0.718. The Labute approximate surface area is 109 Å². The van der Waals surface area contributed by atoms with Crippen molar-refractivity contribution in [3.8, 4) is 5.75 Å². The van der Waals surface area contributed by atoms with Crippen molar-refractivity contribution in [2.24, 2.45) is 12.8 Å². The van der Waals surface area contributed by atoms with Crippen LogP contribution in [0.25, 0.3) is 10.9 Å². The molecule has 6 nitrogen and oxygen atoms in total. The summed E-state index contributed by atoms with van der Waals surface area (Å²) in [6.07, 6.45) is 0. The summed E-state index contributed by atoms with van der Waals surface area (Å²) in [4.78, 5) is 22.9. The molecule has 1 aromatic carbocycles. The third-order valence-corrected chi connectivity index (χ3v) is 3.02. The number of fused-ring (bicyclic) bond motifs is 1. The van der Waals surface area contributed by atoms with Gasteiger partial charge >= 0.3 is 5.97 Å². The van der Waals surface area contributed by atoms with Crippen molar-refractivity contribution in [2.45, 2.75) is 0 Å². The number of primary amides is 1. The number of carbonyl (C=O) groups excluding carboxylic acids is 2. The maximum absolute atomic E-state index is 11.6. The minimum absolute atomic E-state index is 0.321. The fraction of sp³-hybridized carbons (Fsp3) is 0.231. The second kappa shape index (κ2) is 4.64. The van der Waals surface area contributed by atoms with Crippen molar-refractivity contribution in [1.82, 2.24) is 4.57 Å². The zero-order valence-electron chi connectivity index (χ0n) is 10.9. The molecule has 0 unspecified atom stereocenters. The van der Waals surface area contributed by atoms with Crippen molar-refractivity contribution in [3.63, 3.8) is 0 Å². The van der Waals surface area contributed by atoms with E-state index in [9.17, 15) is 9.59 Å². The predicted octanol–water partition coefficient (Wildman–Crippen LogP) is 1.07. The number of aryl methyl sites for hydroxylation is 1. The highest BCUT2D eigenvalue weighted by molar-refractivity contribution is 6.02. The molecule has 0 saturated carbocycles. The molecule has 2 N–H and O–H groups in total. The molecule has 1 heterocycles. The number of benzene rings is 1. The number of hydrogen-bond acceptors (Lipinski definition) is 4. The molecule has 0 spiro atoms. The average Bonchev–Trinajstić information content (AvgIpc) is 2.74. The SMILES string of the molecule is COC(=O)c1cc2c(OC)cc(C(N)=O)cc2n1C. The van der Waals surface area contributed by atoms with E-state index in [1.54, 1.807) is 29.8 Å². The Morgan fingerprint density at radius 2 is 1.89 bits per heavy atom. The van der Waals surface area contributed by atoms with E-state index in [4.69, 9.17) is 15.2 Å². The van der Waals surface area contributed by atoms with Crippen LogP contribution in [0, 0.1) is 0 Å². The Kier molecular flexibility index (Phi) is 3.16. The molecule has 2 aromatic rings. The first-order chi connectivity index (χ1) is 8.99. The Hall–Kier alpha value is -2.50. The van der Waals surface area contributed by atoms with E-state index in [2.05, 4.69) is 0 Å². The summed E-state index contributed by atoms with van der Waals surface area (Å²) < 4.78 is 11.6. The van der Waals surface area contributed by atoms with Crippen molar-refractivity contribution in [2.75, 3.05) is 14.2 Å². The van der Waals surface area contributed by atoms with Gasteiger partial charge in [-0.3, -0.25) is 4.79 Å². The van der Waals surface area contributed by atoms with Crippen molar-refractivity contribution >= 4 is 22.8 Å². The van der Waals surface area contributed by atoms with Crippen LogP contribution < -0.4 is 10.5 Å². The van der Waals surface area contributed by atoms with Crippen LogP contribution in [-0.2, 0) is 11.8 Å². The molecule has 1 aromatic heterocycles. The number of carbonyl (C=O) groups is 2. The first-order valence-corrected chi connectivity index (χ1v) is 5.55. The van der Waals surface area contributed by atoms with E-state index in [0.717, 1.165) is 5.39 Å². The Bertz CT molecular complexity index is 673. The van der Waals surface area contributed by atoms with E-state index < -0.39 is 11.9 Å². The molecule has 6 heteroatoms. The van der Waals surface area contributed by atoms with Crippen LogP contribution in [0.15, 0.2) is 18.2 Å². The third-order valence-electron chi connectivity index (χ3n) is 3.02. The maximum Gasteiger partial charge on any atom is 0.354 e. The summed E-state index contributed by atoms with van der Waals surface area (Å²) >= 11 is 0. The fourth-order valence-corrected chi connectivity index (χ4v) is 2.01. The standard InChI is InChI=1S/C13H14N2O4/c1-15-9-4-7(12(14)16)5-11(18-2)8(9)6-10(15)13(17)19-3/h4-6H,1-3H3,(H2,14,16). The largest absolute Gasteiger partial charge is 0.496 e. The Morgan fingerprint density at radius 1 is 1.21 bits per heavy atom. The monoisotopic (exact) mass is 262 g/mol. The highest BCUT2D eigenvalue weighted by Crippen LogP contribution is 2.30. The number of methoxy groups -OCH3 is 2. The first kappa shape index (κ1) is 12.9. The zero-order valence-corrected chi connectivity index (χ0v) is 10.9. The van der Waals surface area contributed by atoms with Crippen LogP contribution >= 0.6 is 0 Å². The van der Waals surface area contributed by atoms with Gasteiger partial charge in [0.05, 0.1) is 19.7 Å². The molecular formula is C13H14N2O4. The van der Waals surface area contributed by atoms with Gasteiger partial charge in [-0.1, -0.05) is 0 Å². The third kappa shape index (κ3) is 2.01. The molecule has 0 aliphatic rings. The second-order valence-corrected chi connectivity index (χ2v) is 4.06. The molecule has 0 atom stereocenters. The molecule has 2 rings (SSSR count). The number of hydrogen-bond donors (Lipinski definition) is 1. The molecule has 0 bridgehead atoms. The lowest BCUT2D eigenvalue weighted by Crippen LogP contribution is -2.11. The van der Waals surface area contributed by atoms with Gasteiger partial charge in [0.1, 0.15) is 11.4 Å². The lowest BCUT2D eigenvalue weighted by Gasteiger charge is -2.06. The number of ether oxygens (including phenoxy) is 2. The first-order valence-electron chi connectivity index (χ1n) is 5.55. The quantitative estimate of drug-likeness (QED) is 0.839. The smallest absolute Gasteiger partial charge is 0.354 e. The van der Waals surface area contributed by atoms with E-state index in [-0.39, 0.29) is 0 Å². The lowest BCUT2D eigenvalue weighted by atomic mass is 10.1. The normalized spacial score (nSPS) is 10.5. The highest BCUT2D eigenvalue weighted by atomic mass is 16.5. The molecule has 0 aliphatic carbocycles. The molecule has 0 fully saturated rings. The van der Waals surface area contributed by atoms with Crippen LogP contribution in [0.4, 0.5) is 0 Å². The number of nitrogens with two attached hydrogens (primary N) is 1. The van der Waals surface area contributed by atoms with Crippen LogP contribution in [0.3, 0.4) is 0 Å². The van der Waals surface area contributed by atoms with Crippen molar-refractivity contribution in [3.05, 3.63) is 29.5 Å². The molecule has 0 saturated heterocycles. The molecule has 100 valence electrons. The zero-order chi connectivity index (χ0) is 14.2. The molecule has 0 aliphatic heterocycles. The molecule has 0 radical (unpaired) electrons. The van der Waals surface area contributed by atoms with Gasteiger partial charge in [0.25, 0.3) is 0 Å². The lowest BCUT2D eigenvalue weighted by molar-refractivity contribution is 0.0590. The Morgan fingerprint density at radius 3 is 2.42 bits per heavy atom. The van der Waals surface area contributed by atoms with Gasteiger partial charge in [-0.25, -0.2) is 4.79 Å². The van der Waals surface area contributed by atoms with Gasteiger partial charge in [0, 0.05) is 18.0 Å². The predicted molar refractivity (Wildman–Crippen MR) is 69.3 cm³/mol. The second-order valence-electron chi connectivity index (χ2n) is 4.06. The van der Waals surface area contributed by atoms with E-state index in [0.29, 0.717) is 22.5 Å². The Balaban J connectivity index is 2.78. The van der Waals surface area contributed by atoms with Crippen LogP contribution in [-0.4, -0.2) is 30.7 Å². The minimum Gasteiger partial charge on any atom is -0.496 e. The average molecular weight is 262 g/mol. The summed E-state index contributed by atoms with van der Waals surface area (Å²) in [7, 11) is 4.51. The van der Waals surface area contributed by atoms with E-state index >= 15 is 0 Å². The van der Waals surface area contributed by atoms with Gasteiger partial charge in [0.2, 0.25) is 5.91 Å². The summed E-state index contributed by atoms with van der Waals surface area (Å²) in [6.45, 7) is 0. The molecule has 1 amide bonds. The maximum atomic E-state index is 11.6. The molecular weight excluding hydrogens is 248 g/mol. The van der Waals surface area contributed by atoms with E-state index in [1.807, 2.05) is 0 Å². The van der Waals surface area contributed by atoms with Crippen molar-refractivity contribution in [1.29, 1.82) is 0 Å². The summed E-state index contributed by atoms with van der Waals surface area (Å²) in [5.41, 5.74) is 6.64. The van der Waals surface area contributed by atoms with Crippen LogP contribution in [0.2, 0.25) is 0 Å². The van der Waals surface area contributed by atoms with Crippen molar-refractivity contribution < 1.29 is 19.1 Å². The van der Waals surface area contributed by atoms with Crippen LogP contribution in [0.5, 0.6) is 5.75 Å².